The van der Waals surface area contributed by atoms with Gasteiger partial charge >= 0.3 is 12.1 Å². The molecule has 0 saturated heterocycles. The van der Waals surface area contributed by atoms with Gasteiger partial charge in [0.1, 0.15) is 0 Å². The summed E-state index contributed by atoms with van der Waals surface area (Å²) >= 11 is 9.18. The first-order valence-electron chi connectivity index (χ1n) is 7.80. The number of hydrogen-bond acceptors (Lipinski definition) is 3. The monoisotopic (exact) mass is 499 g/mol. The van der Waals surface area contributed by atoms with Gasteiger partial charge in [-0.1, -0.05) is 27.5 Å². The maximum Gasteiger partial charge on any atom is 0.416 e. The van der Waals surface area contributed by atoms with Crippen LogP contribution in [0.5, 0.6) is 0 Å². The summed E-state index contributed by atoms with van der Waals surface area (Å²) in [6, 6.07) is 7.84. The minimum absolute atomic E-state index is 0.113. The maximum atomic E-state index is 13.1. The molecule has 2 rings (SSSR count). The number of anilines is 1. The highest BCUT2D eigenvalue weighted by Gasteiger charge is 2.33. The first kappa shape index (κ1) is 22.5. The quantitative estimate of drug-likeness (QED) is 0.568. The van der Waals surface area contributed by atoms with Crippen LogP contribution in [0.1, 0.15) is 18.4 Å². The van der Waals surface area contributed by atoms with Crippen LogP contribution in [0, 0.1) is 0 Å². The van der Waals surface area contributed by atoms with E-state index >= 15 is 0 Å². The van der Waals surface area contributed by atoms with Gasteiger partial charge in [-0.2, -0.15) is 13.2 Å². The van der Waals surface area contributed by atoms with E-state index in [1.807, 2.05) is 0 Å². The summed E-state index contributed by atoms with van der Waals surface area (Å²) in [7, 11) is -4.29. The Kier molecular flexibility index (Phi) is 7.00. The molecule has 0 aliphatic heterocycles. The Labute approximate surface area is 172 Å². The van der Waals surface area contributed by atoms with Crippen molar-refractivity contribution in [1.29, 1.82) is 0 Å². The summed E-state index contributed by atoms with van der Waals surface area (Å²) in [5.74, 6) is -1.16. The molecule has 0 atom stereocenters. The zero-order valence-electron chi connectivity index (χ0n) is 14.1. The van der Waals surface area contributed by atoms with Crippen molar-refractivity contribution in [2.75, 3.05) is 10.8 Å². The molecule has 152 valence electrons. The maximum absolute atomic E-state index is 13.1. The molecule has 0 unspecified atom stereocenters. The standard InChI is InChI=1S/C17H14BrClF3NO4S/c18-12-4-6-13(7-5-12)28(26,27)23(9-1-2-16(24)25)15-10-11(17(20,21)22)3-8-14(15)19/h3-8,10H,1-2,9H2,(H,24,25). The van der Waals surface area contributed by atoms with E-state index in [9.17, 15) is 26.4 Å². The van der Waals surface area contributed by atoms with Crippen LogP contribution in [-0.2, 0) is 21.0 Å². The number of alkyl halides is 3. The molecule has 5 nitrogen and oxygen atoms in total. The number of nitrogens with zero attached hydrogens (tertiary/aromatic N) is 1. The van der Waals surface area contributed by atoms with E-state index in [1.54, 1.807) is 0 Å². The molecule has 0 saturated carbocycles. The average molecular weight is 501 g/mol. The molecule has 0 amide bonds. The third kappa shape index (κ3) is 5.39. The van der Waals surface area contributed by atoms with Crippen LogP contribution >= 0.6 is 27.5 Å². The highest BCUT2D eigenvalue weighted by Crippen LogP contribution is 2.37. The molecule has 28 heavy (non-hydrogen) atoms. The predicted molar refractivity (Wildman–Crippen MR) is 102 cm³/mol. The molecule has 1 N–H and O–H groups in total. The smallest absolute Gasteiger partial charge is 0.416 e. The van der Waals surface area contributed by atoms with Crippen LogP contribution in [0.4, 0.5) is 18.9 Å². The molecule has 0 bridgehead atoms. The van der Waals surface area contributed by atoms with E-state index in [4.69, 9.17) is 16.7 Å². The van der Waals surface area contributed by atoms with Gasteiger partial charge < -0.3 is 5.11 Å². The van der Waals surface area contributed by atoms with Gasteiger partial charge in [0.25, 0.3) is 10.0 Å². The Balaban J connectivity index is 2.56. The van der Waals surface area contributed by atoms with Crippen molar-refractivity contribution in [3.05, 3.63) is 57.5 Å². The van der Waals surface area contributed by atoms with E-state index in [1.165, 1.54) is 24.3 Å². The number of aliphatic carboxylic acids is 1. The minimum Gasteiger partial charge on any atom is -0.481 e. The van der Waals surface area contributed by atoms with E-state index in [2.05, 4.69) is 15.9 Å². The van der Waals surface area contributed by atoms with E-state index in [0.29, 0.717) is 14.8 Å². The van der Waals surface area contributed by atoms with Crippen molar-refractivity contribution >= 4 is 49.2 Å². The zero-order valence-corrected chi connectivity index (χ0v) is 17.2. The van der Waals surface area contributed by atoms with Crippen LogP contribution in [0.25, 0.3) is 0 Å². The summed E-state index contributed by atoms with van der Waals surface area (Å²) in [5.41, 5.74) is -1.44. The van der Waals surface area contributed by atoms with Crippen LogP contribution in [0.15, 0.2) is 51.8 Å². The third-order valence-corrected chi connectivity index (χ3v) is 6.37. The largest absolute Gasteiger partial charge is 0.481 e. The molecule has 0 aliphatic carbocycles. The molecule has 0 fully saturated rings. The first-order valence-corrected chi connectivity index (χ1v) is 10.4. The van der Waals surface area contributed by atoms with Gasteiger partial charge in [-0.3, -0.25) is 9.10 Å². The van der Waals surface area contributed by atoms with Crippen molar-refractivity contribution in [2.45, 2.75) is 23.9 Å². The molecule has 2 aromatic carbocycles. The lowest BCUT2D eigenvalue weighted by Crippen LogP contribution is -2.33. The predicted octanol–water partition coefficient (Wildman–Crippen LogP) is 5.18. The lowest BCUT2D eigenvalue weighted by molar-refractivity contribution is -0.138. The number of benzene rings is 2. The van der Waals surface area contributed by atoms with Crippen LogP contribution in [0.2, 0.25) is 5.02 Å². The van der Waals surface area contributed by atoms with Gasteiger partial charge in [-0.15, -0.1) is 0 Å². The number of sulfonamides is 1. The van der Waals surface area contributed by atoms with Gasteiger partial charge in [0, 0.05) is 17.4 Å². The lowest BCUT2D eigenvalue weighted by atomic mass is 10.2. The number of hydrogen-bond donors (Lipinski definition) is 1. The number of carboxylic acids is 1. The molecular formula is C17H14BrClF3NO4S. The molecule has 0 radical (unpaired) electrons. The Morgan fingerprint density at radius 1 is 1.14 bits per heavy atom. The fourth-order valence-corrected chi connectivity index (χ4v) is 4.41. The highest BCUT2D eigenvalue weighted by molar-refractivity contribution is 9.10. The topological polar surface area (TPSA) is 74.7 Å². The molecular weight excluding hydrogens is 487 g/mol. The molecule has 11 heteroatoms. The Hall–Kier alpha value is -1.78. The van der Waals surface area contributed by atoms with E-state index in [-0.39, 0.29) is 35.0 Å². The fraction of sp³-hybridized carbons (Fsp3) is 0.235. The number of carboxylic acid groups (broad SMARTS) is 1. The summed E-state index contributed by atoms with van der Waals surface area (Å²) in [4.78, 5) is 10.6. The molecule has 0 spiro atoms. The second-order valence-electron chi connectivity index (χ2n) is 5.69. The van der Waals surface area contributed by atoms with Crippen LogP contribution in [-0.4, -0.2) is 26.0 Å². The molecule has 0 heterocycles. The van der Waals surface area contributed by atoms with Crippen molar-refractivity contribution in [2.24, 2.45) is 0 Å². The minimum atomic E-state index is -4.70. The lowest BCUT2D eigenvalue weighted by Gasteiger charge is -2.26. The van der Waals surface area contributed by atoms with Gasteiger partial charge in [-0.25, -0.2) is 8.42 Å². The van der Waals surface area contributed by atoms with Crippen LogP contribution < -0.4 is 4.31 Å². The van der Waals surface area contributed by atoms with Gasteiger partial charge in [0.05, 0.1) is 21.2 Å². The second kappa shape index (κ2) is 8.71. The Morgan fingerprint density at radius 2 is 1.75 bits per heavy atom. The Morgan fingerprint density at radius 3 is 2.29 bits per heavy atom. The highest BCUT2D eigenvalue weighted by atomic mass is 79.9. The normalized spacial score (nSPS) is 12.0. The van der Waals surface area contributed by atoms with Crippen molar-refractivity contribution in [3.63, 3.8) is 0 Å². The third-order valence-electron chi connectivity index (χ3n) is 3.70. The van der Waals surface area contributed by atoms with Crippen molar-refractivity contribution in [1.82, 2.24) is 0 Å². The van der Waals surface area contributed by atoms with E-state index < -0.39 is 27.7 Å². The Bertz CT molecular complexity index is 965. The van der Waals surface area contributed by atoms with E-state index in [0.717, 1.165) is 12.1 Å². The number of rotatable bonds is 7. The second-order valence-corrected chi connectivity index (χ2v) is 8.88. The van der Waals surface area contributed by atoms with Gasteiger partial charge in [-0.05, 0) is 48.9 Å². The average Bonchev–Trinajstić information content (AvgIpc) is 2.58. The number of carbonyl (C=O) groups is 1. The molecule has 0 aliphatic rings. The van der Waals surface area contributed by atoms with Gasteiger partial charge in [0.15, 0.2) is 0 Å². The summed E-state index contributed by atoms with van der Waals surface area (Å²) in [5, 5.41) is 8.60. The molecule has 2 aromatic rings. The summed E-state index contributed by atoms with van der Waals surface area (Å²) in [6.07, 6.45) is -5.17. The SMILES string of the molecule is O=C(O)CCCN(c1cc(C(F)(F)F)ccc1Cl)S(=O)(=O)c1ccc(Br)cc1. The molecule has 0 aromatic heterocycles. The van der Waals surface area contributed by atoms with Crippen molar-refractivity contribution in [3.8, 4) is 0 Å². The number of halogens is 5. The fourth-order valence-electron chi connectivity index (χ4n) is 2.36. The summed E-state index contributed by atoms with van der Waals surface area (Å²) in [6.45, 7) is -0.355. The zero-order chi connectivity index (χ0) is 21.1. The van der Waals surface area contributed by atoms with Crippen molar-refractivity contribution < 1.29 is 31.5 Å². The first-order chi connectivity index (χ1) is 12.9. The van der Waals surface area contributed by atoms with Gasteiger partial charge in [0.2, 0.25) is 0 Å². The summed E-state index contributed by atoms with van der Waals surface area (Å²) < 4.78 is 66.7. The van der Waals surface area contributed by atoms with Crippen LogP contribution in [0.3, 0.4) is 0 Å².